The zero-order valence-electron chi connectivity index (χ0n) is 13.5. The first-order chi connectivity index (χ1) is 11.1. The standard InChI is InChI=1S/C19H21NO3/c1-3-4-14-20(17-8-6-5-7-9-17)19(22)16-10-12-18(13-11-16)23-15(2)21/h5-13H,3-4,14H2,1-2H3. The van der Waals surface area contributed by atoms with E-state index in [0.717, 1.165) is 18.5 Å². The summed E-state index contributed by atoms with van der Waals surface area (Å²) in [6.07, 6.45) is 1.95. The van der Waals surface area contributed by atoms with Crippen molar-refractivity contribution in [2.24, 2.45) is 0 Å². The van der Waals surface area contributed by atoms with E-state index in [1.54, 1.807) is 29.2 Å². The molecule has 4 nitrogen and oxygen atoms in total. The number of rotatable bonds is 6. The fraction of sp³-hybridized carbons (Fsp3) is 0.263. The highest BCUT2D eigenvalue weighted by Crippen LogP contribution is 2.19. The number of carbonyl (C=O) groups excluding carboxylic acids is 2. The van der Waals surface area contributed by atoms with Gasteiger partial charge < -0.3 is 9.64 Å². The van der Waals surface area contributed by atoms with Crippen molar-refractivity contribution in [3.8, 4) is 5.75 Å². The largest absolute Gasteiger partial charge is 0.427 e. The molecule has 2 aromatic carbocycles. The number of ether oxygens (including phenoxy) is 1. The van der Waals surface area contributed by atoms with E-state index in [0.29, 0.717) is 17.9 Å². The Labute approximate surface area is 136 Å². The van der Waals surface area contributed by atoms with Gasteiger partial charge in [0, 0.05) is 24.7 Å². The Morgan fingerprint density at radius 2 is 1.65 bits per heavy atom. The van der Waals surface area contributed by atoms with Crippen LogP contribution in [-0.2, 0) is 4.79 Å². The Kier molecular flexibility index (Phi) is 5.92. The van der Waals surface area contributed by atoms with Gasteiger partial charge in [-0.2, -0.15) is 0 Å². The van der Waals surface area contributed by atoms with Crippen LogP contribution < -0.4 is 9.64 Å². The lowest BCUT2D eigenvalue weighted by molar-refractivity contribution is -0.131. The summed E-state index contributed by atoms with van der Waals surface area (Å²) in [6, 6.07) is 16.3. The highest BCUT2D eigenvalue weighted by Gasteiger charge is 2.17. The van der Waals surface area contributed by atoms with Gasteiger partial charge >= 0.3 is 5.97 Å². The van der Waals surface area contributed by atoms with Crippen LogP contribution >= 0.6 is 0 Å². The zero-order valence-corrected chi connectivity index (χ0v) is 13.5. The summed E-state index contributed by atoms with van der Waals surface area (Å²) in [5.41, 5.74) is 1.45. The Hall–Kier alpha value is -2.62. The maximum absolute atomic E-state index is 12.8. The van der Waals surface area contributed by atoms with Crippen LogP contribution in [0.3, 0.4) is 0 Å². The smallest absolute Gasteiger partial charge is 0.308 e. The van der Waals surface area contributed by atoms with Crippen molar-refractivity contribution in [3.05, 3.63) is 60.2 Å². The molecule has 0 radical (unpaired) electrons. The molecule has 0 saturated heterocycles. The quantitative estimate of drug-likeness (QED) is 0.597. The molecule has 0 unspecified atom stereocenters. The van der Waals surface area contributed by atoms with Gasteiger partial charge in [-0.1, -0.05) is 31.5 Å². The summed E-state index contributed by atoms with van der Waals surface area (Å²) in [7, 11) is 0. The van der Waals surface area contributed by atoms with Gasteiger partial charge in [0.15, 0.2) is 0 Å². The predicted molar refractivity (Wildman–Crippen MR) is 90.8 cm³/mol. The lowest BCUT2D eigenvalue weighted by Gasteiger charge is -2.23. The number of hydrogen-bond acceptors (Lipinski definition) is 3. The first-order valence-corrected chi connectivity index (χ1v) is 7.77. The summed E-state index contributed by atoms with van der Waals surface area (Å²) < 4.78 is 5.00. The topological polar surface area (TPSA) is 46.6 Å². The molecule has 23 heavy (non-hydrogen) atoms. The molecule has 0 aliphatic rings. The monoisotopic (exact) mass is 311 g/mol. The van der Waals surface area contributed by atoms with Crippen molar-refractivity contribution >= 4 is 17.6 Å². The lowest BCUT2D eigenvalue weighted by atomic mass is 10.1. The number of esters is 1. The van der Waals surface area contributed by atoms with E-state index in [2.05, 4.69) is 6.92 Å². The fourth-order valence-electron chi connectivity index (χ4n) is 2.26. The van der Waals surface area contributed by atoms with Gasteiger partial charge in [-0.25, -0.2) is 0 Å². The molecule has 2 rings (SSSR count). The number of para-hydroxylation sites is 1. The van der Waals surface area contributed by atoms with Crippen molar-refractivity contribution in [1.82, 2.24) is 0 Å². The van der Waals surface area contributed by atoms with Gasteiger partial charge in [-0.3, -0.25) is 9.59 Å². The number of anilines is 1. The molecule has 0 aliphatic heterocycles. The van der Waals surface area contributed by atoms with Gasteiger partial charge in [-0.15, -0.1) is 0 Å². The number of benzene rings is 2. The summed E-state index contributed by atoms with van der Waals surface area (Å²) in [4.78, 5) is 25.5. The molecule has 1 amide bonds. The third-order valence-electron chi connectivity index (χ3n) is 3.41. The molecule has 0 spiro atoms. The maximum atomic E-state index is 12.8. The Morgan fingerprint density at radius 3 is 2.22 bits per heavy atom. The first kappa shape index (κ1) is 16.7. The highest BCUT2D eigenvalue weighted by molar-refractivity contribution is 6.06. The van der Waals surface area contributed by atoms with Crippen LogP contribution in [0.4, 0.5) is 5.69 Å². The van der Waals surface area contributed by atoms with Crippen LogP contribution in [0, 0.1) is 0 Å². The molecular weight excluding hydrogens is 290 g/mol. The minimum atomic E-state index is -0.377. The molecule has 0 aromatic heterocycles. The van der Waals surface area contributed by atoms with E-state index < -0.39 is 0 Å². The molecule has 0 atom stereocenters. The van der Waals surface area contributed by atoms with Crippen LogP contribution in [0.15, 0.2) is 54.6 Å². The van der Waals surface area contributed by atoms with E-state index in [9.17, 15) is 9.59 Å². The predicted octanol–water partition coefficient (Wildman–Crippen LogP) is 4.06. The first-order valence-electron chi connectivity index (χ1n) is 7.77. The van der Waals surface area contributed by atoms with Crippen LogP contribution in [-0.4, -0.2) is 18.4 Å². The van der Waals surface area contributed by atoms with Crippen LogP contribution in [0.2, 0.25) is 0 Å². The van der Waals surface area contributed by atoms with Gasteiger partial charge in [0.25, 0.3) is 5.91 Å². The normalized spacial score (nSPS) is 10.2. The van der Waals surface area contributed by atoms with Crippen LogP contribution in [0.5, 0.6) is 5.75 Å². The number of nitrogens with zero attached hydrogens (tertiary/aromatic N) is 1. The molecule has 0 aliphatic carbocycles. The second-order valence-corrected chi connectivity index (χ2v) is 5.26. The summed E-state index contributed by atoms with van der Waals surface area (Å²) in [6.45, 7) is 4.12. The Balaban J connectivity index is 2.21. The third kappa shape index (κ3) is 4.68. The summed E-state index contributed by atoms with van der Waals surface area (Å²) >= 11 is 0. The van der Waals surface area contributed by atoms with E-state index >= 15 is 0 Å². The number of hydrogen-bond donors (Lipinski definition) is 0. The lowest BCUT2D eigenvalue weighted by Crippen LogP contribution is -2.31. The molecule has 0 fully saturated rings. The molecule has 120 valence electrons. The molecule has 0 saturated carbocycles. The number of carbonyl (C=O) groups is 2. The van der Waals surface area contributed by atoms with Gasteiger partial charge in [0.05, 0.1) is 0 Å². The molecule has 0 bridgehead atoms. The van der Waals surface area contributed by atoms with Crippen molar-refractivity contribution in [3.63, 3.8) is 0 Å². The number of amides is 1. The average Bonchev–Trinajstić information content (AvgIpc) is 2.56. The van der Waals surface area contributed by atoms with Gasteiger partial charge in [0.2, 0.25) is 0 Å². The van der Waals surface area contributed by atoms with Crippen LogP contribution in [0.1, 0.15) is 37.0 Å². The van der Waals surface area contributed by atoms with E-state index in [1.807, 2.05) is 30.3 Å². The van der Waals surface area contributed by atoms with Crippen molar-refractivity contribution in [1.29, 1.82) is 0 Å². The molecular formula is C19H21NO3. The zero-order chi connectivity index (χ0) is 16.7. The molecule has 0 heterocycles. The fourth-order valence-corrected chi connectivity index (χ4v) is 2.26. The SMILES string of the molecule is CCCCN(C(=O)c1ccc(OC(C)=O)cc1)c1ccccc1. The second kappa shape index (κ2) is 8.13. The minimum Gasteiger partial charge on any atom is -0.427 e. The average molecular weight is 311 g/mol. The molecule has 0 N–H and O–H groups in total. The van der Waals surface area contributed by atoms with Gasteiger partial charge in [0.1, 0.15) is 5.75 Å². The van der Waals surface area contributed by atoms with E-state index in [-0.39, 0.29) is 11.9 Å². The van der Waals surface area contributed by atoms with E-state index in [1.165, 1.54) is 6.92 Å². The van der Waals surface area contributed by atoms with Gasteiger partial charge in [-0.05, 0) is 42.8 Å². The summed E-state index contributed by atoms with van der Waals surface area (Å²) in [5, 5.41) is 0. The minimum absolute atomic E-state index is 0.0565. The number of unbranched alkanes of at least 4 members (excludes halogenated alkanes) is 1. The third-order valence-corrected chi connectivity index (χ3v) is 3.41. The van der Waals surface area contributed by atoms with Crippen molar-refractivity contribution in [2.45, 2.75) is 26.7 Å². The Bertz CT molecular complexity index is 650. The highest BCUT2D eigenvalue weighted by atomic mass is 16.5. The second-order valence-electron chi connectivity index (χ2n) is 5.26. The van der Waals surface area contributed by atoms with Crippen molar-refractivity contribution in [2.75, 3.05) is 11.4 Å². The maximum Gasteiger partial charge on any atom is 0.308 e. The molecule has 4 heteroatoms. The van der Waals surface area contributed by atoms with Crippen molar-refractivity contribution < 1.29 is 14.3 Å². The molecule has 2 aromatic rings. The summed E-state index contributed by atoms with van der Waals surface area (Å²) in [5.74, 6) is 0.00540. The van der Waals surface area contributed by atoms with Crippen LogP contribution in [0.25, 0.3) is 0 Å². The Morgan fingerprint density at radius 1 is 1.00 bits per heavy atom. The van der Waals surface area contributed by atoms with E-state index in [4.69, 9.17) is 4.74 Å².